The molecule has 2 nitrogen and oxygen atoms in total. The van der Waals surface area contributed by atoms with Gasteiger partial charge in [0.1, 0.15) is 9.84 Å². The molecule has 0 fully saturated rings. The second kappa shape index (κ2) is 8.05. The first kappa shape index (κ1) is 16.7. The molecule has 1 atom stereocenters. The van der Waals surface area contributed by atoms with Gasteiger partial charge < -0.3 is 0 Å². The second-order valence-electron chi connectivity index (χ2n) is 5.09. The molecule has 0 aliphatic carbocycles. The molecule has 0 bridgehead atoms. The molecule has 1 rings (SSSR count). The van der Waals surface area contributed by atoms with E-state index < -0.39 is 9.84 Å². The number of aryl methyl sites for hydroxylation is 1. The van der Waals surface area contributed by atoms with E-state index in [0.717, 1.165) is 18.2 Å². The maximum Gasteiger partial charge on any atom is 0.150 e. The van der Waals surface area contributed by atoms with Crippen LogP contribution in [0.1, 0.15) is 30.9 Å². The van der Waals surface area contributed by atoms with Gasteiger partial charge in [-0.1, -0.05) is 47.1 Å². The predicted octanol–water partition coefficient (Wildman–Crippen LogP) is 3.76. The standard InChI is InChI=1S/C15H23BrO2S/c1-3-9-19(17,18)10-8-14(12-16)11-15-7-5-4-6-13(15)2/h4-7,14H,3,8-12H2,1-2H3. The Balaban J connectivity index is 2.58. The summed E-state index contributed by atoms with van der Waals surface area (Å²) in [6.07, 6.45) is 2.39. The van der Waals surface area contributed by atoms with E-state index in [-0.39, 0.29) is 0 Å². The smallest absolute Gasteiger partial charge is 0.150 e. The molecule has 0 aliphatic heterocycles. The molecule has 0 aromatic heterocycles. The fraction of sp³-hybridized carbons (Fsp3) is 0.600. The lowest BCUT2D eigenvalue weighted by molar-refractivity contribution is 0.551. The highest BCUT2D eigenvalue weighted by molar-refractivity contribution is 9.09. The lowest BCUT2D eigenvalue weighted by atomic mass is 9.96. The van der Waals surface area contributed by atoms with Crippen LogP contribution in [0, 0.1) is 12.8 Å². The number of sulfone groups is 1. The zero-order valence-electron chi connectivity index (χ0n) is 11.7. The monoisotopic (exact) mass is 346 g/mol. The number of rotatable bonds is 8. The van der Waals surface area contributed by atoms with E-state index >= 15 is 0 Å². The van der Waals surface area contributed by atoms with Crippen molar-refractivity contribution in [2.75, 3.05) is 16.8 Å². The second-order valence-corrected chi connectivity index (χ2v) is 8.04. The van der Waals surface area contributed by atoms with Gasteiger partial charge in [0.2, 0.25) is 0 Å². The Morgan fingerprint density at radius 2 is 1.89 bits per heavy atom. The van der Waals surface area contributed by atoms with Crippen LogP contribution in [0.3, 0.4) is 0 Å². The molecule has 0 saturated carbocycles. The Morgan fingerprint density at radius 1 is 1.21 bits per heavy atom. The molecule has 1 unspecified atom stereocenters. The summed E-state index contributed by atoms with van der Waals surface area (Å²) in [4.78, 5) is 0. The first-order chi connectivity index (χ1) is 8.98. The van der Waals surface area contributed by atoms with Gasteiger partial charge in [-0.3, -0.25) is 0 Å². The SMILES string of the molecule is CCCS(=O)(=O)CCC(CBr)Cc1ccccc1C. The van der Waals surface area contributed by atoms with Gasteiger partial charge in [0.15, 0.2) is 0 Å². The quantitative estimate of drug-likeness (QED) is 0.671. The maximum absolute atomic E-state index is 11.8. The van der Waals surface area contributed by atoms with E-state index in [4.69, 9.17) is 0 Å². The van der Waals surface area contributed by atoms with Gasteiger partial charge in [0, 0.05) is 11.1 Å². The zero-order chi connectivity index (χ0) is 14.3. The fourth-order valence-electron chi connectivity index (χ4n) is 2.14. The predicted molar refractivity (Wildman–Crippen MR) is 85.7 cm³/mol. The summed E-state index contributed by atoms with van der Waals surface area (Å²) in [5, 5.41) is 0.850. The Bertz CT molecular complexity index is 483. The molecular formula is C15H23BrO2S. The highest BCUT2D eigenvalue weighted by Gasteiger charge is 2.15. The highest BCUT2D eigenvalue weighted by Crippen LogP contribution is 2.18. The lowest BCUT2D eigenvalue weighted by Crippen LogP contribution is -2.16. The molecule has 19 heavy (non-hydrogen) atoms. The molecule has 1 aromatic carbocycles. The van der Waals surface area contributed by atoms with Gasteiger partial charge >= 0.3 is 0 Å². The molecule has 0 aliphatic rings. The van der Waals surface area contributed by atoms with Crippen molar-refractivity contribution in [2.24, 2.45) is 5.92 Å². The molecule has 0 amide bonds. The van der Waals surface area contributed by atoms with Gasteiger partial charge in [-0.05, 0) is 43.2 Å². The molecule has 0 heterocycles. The van der Waals surface area contributed by atoms with Crippen LogP contribution in [-0.2, 0) is 16.3 Å². The molecule has 0 spiro atoms. The molecule has 0 N–H and O–H groups in total. The minimum atomic E-state index is -2.86. The first-order valence-electron chi connectivity index (χ1n) is 6.79. The average Bonchev–Trinajstić information content (AvgIpc) is 2.36. The van der Waals surface area contributed by atoms with E-state index in [9.17, 15) is 8.42 Å². The number of benzene rings is 1. The van der Waals surface area contributed by atoms with Crippen molar-refractivity contribution >= 4 is 25.8 Å². The minimum Gasteiger partial charge on any atom is -0.229 e. The topological polar surface area (TPSA) is 34.1 Å². The van der Waals surface area contributed by atoms with Crippen molar-refractivity contribution in [3.05, 3.63) is 35.4 Å². The highest BCUT2D eigenvalue weighted by atomic mass is 79.9. The van der Waals surface area contributed by atoms with Crippen LogP contribution in [0.5, 0.6) is 0 Å². The van der Waals surface area contributed by atoms with Gasteiger partial charge in [0.25, 0.3) is 0 Å². The maximum atomic E-state index is 11.8. The number of hydrogen-bond acceptors (Lipinski definition) is 2. The van der Waals surface area contributed by atoms with Gasteiger partial charge in [-0.25, -0.2) is 8.42 Å². The normalized spacial score (nSPS) is 13.4. The van der Waals surface area contributed by atoms with Crippen LogP contribution in [0.4, 0.5) is 0 Å². The third kappa shape index (κ3) is 6.09. The summed E-state index contributed by atoms with van der Waals surface area (Å²) in [5.74, 6) is 1.00. The van der Waals surface area contributed by atoms with Crippen LogP contribution >= 0.6 is 15.9 Å². The molecule has 0 radical (unpaired) electrons. The summed E-state index contributed by atoms with van der Waals surface area (Å²) in [6.45, 7) is 4.02. The average molecular weight is 347 g/mol. The van der Waals surface area contributed by atoms with Crippen molar-refractivity contribution in [3.63, 3.8) is 0 Å². The zero-order valence-corrected chi connectivity index (χ0v) is 14.1. The lowest BCUT2D eigenvalue weighted by Gasteiger charge is -2.15. The third-order valence-corrected chi connectivity index (χ3v) is 6.14. The fourth-order valence-corrected chi connectivity index (χ4v) is 4.21. The number of hydrogen-bond donors (Lipinski definition) is 0. The van der Waals surface area contributed by atoms with Crippen LogP contribution < -0.4 is 0 Å². The van der Waals surface area contributed by atoms with Gasteiger partial charge in [0.05, 0.1) is 5.75 Å². The number of alkyl halides is 1. The van der Waals surface area contributed by atoms with Crippen molar-refractivity contribution in [1.29, 1.82) is 0 Å². The Labute approximate surface area is 125 Å². The molecular weight excluding hydrogens is 324 g/mol. The first-order valence-corrected chi connectivity index (χ1v) is 9.73. The minimum absolute atomic E-state index is 0.309. The summed E-state index contributed by atoms with van der Waals surface area (Å²) in [6, 6.07) is 8.31. The molecule has 0 saturated heterocycles. The van der Waals surface area contributed by atoms with Crippen LogP contribution in [0.25, 0.3) is 0 Å². The molecule has 4 heteroatoms. The van der Waals surface area contributed by atoms with Gasteiger partial charge in [-0.15, -0.1) is 0 Å². The molecule has 108 valence electrons. The Kier molecular flexibility index (Phi) is 7.08. The third-order valence-electron chi connectivity index (χ3n) is 3.34. The summed E-state index contributed by atoms with van der Waals surface area (Å²) in [5.41, 5.74) is 2.60. The number of halogens is 1. The van der Waals surface area contributed by atoms with E-state index in [1.807, 2.05) is 19.1 Å². The Morgan fingerprint density at radius 3 is 2.47 bits per heavy atom. The van der Waals surface area contributed by atoms with Crippen LogP contribution in [0.2, 0.25) is 0 Å². The van der Waals surface area contributed by atoms with Gasteiger partial charge in [-0.2, -0.15) is 0 Å². The van der Waals surface area contributed by atoms with Crippen LogP contribution in [-0.4, -0.2) is 25.3 Å². The van der Waals surface area contributed by atoms with E-state index in [1.54, 1.807) is 0 Å². The van der Waals surface area contributed by atoms with E-state index in [2.05, 4.69) is 35.0 Å². The summed E-state index contributed by atoms with van der Waals surface area (Å²) >= 11 is 3.51. The van der Waals surface area contributed by atoms with Crippen molar-refractivity contribution < 1.29 is 8.42 Å². The van der Waals surface area contributed by atoms with Crippen molar-refractivity contribution in [2.45, 2.75) is 33.1 Å². The van der Waals surface area contributed by atoms with Crippen molar-refractivity contribution in [1.82, 2.24) is 0 Å². The van der Waals surface area contributed by atoms with E-state index in [1.165, 1.54) is 11.1 Å². The summed E-state index contributed by atoms with van der Waals surface area (Å²) < 4.78 is 23.5. The largest absolute Gasteiger partial charge is 0.229 e. The molecule has 1 aromatic rings. The van der Waals surface area contributed by atoms with Crippen LogP contribution in [0.15, 0.2) is 24.3 Å². The van der Waals surface area contributed by atoms with E-state index in [0.29, 0.717) is 23.8 Å². The Hall–Kier alpha value is -0.350. The summed E-state index contributed by atoms with van der Waals surface area (Å²) in [7, 11) is -2.86. The van der Waals surface area contributed by atoms with Crippen molar-refractivity contribution in [3.8, 4) is 0 Å².